The van der Waals surface area contributed by atoms with Gasteiger partial charge in [0.1, 0.15) is 11.8 Å². The van der Waals surface area contributed by atoms with Gasteiger partial charge in [-0.1, -0.05) is 12.1 Å². The summed E-state index contributed by atoms with van der Waals surface area (Å²) in [6, 6.07) is 11.1. The predicted octanol–water partition coefficient (Wildman–Crippen LogP) is 2.93. The average molecular weight is 337 g/mol. The molecule has 5 heteroatoms. The second-order valence-electron chi connectivity index (χ2n) is 3.26. The number of anilines is 1. The molecule has 1 aromatic heterocycles. The van der Waals surface area contributed by atoms with Gasteiger partial charge in [0, 0.05) is 6.20 Å². The molecular weight excluding hydrogens is 329 g/mol. The molecule has 0 aliphatic heterocycles. The highest BCUT2D eigenvalue weighted by Gasteiger charge is 2.07. The summed E-state index contributed by atoms with van der Waals surface area (Å²) in [5.74, 6) is 1.00. The molecule has 1 aromatic carbocycles. The van der Waals surface area contributed by atoms with Gasteiger partial charge in [-0.2, -0.15) is 5.26 Å². The Morgan fingerprint density at radius 1 is 1.35 bits per heavy atom. The van der Waals surface area contributed by atoms with E-state index in [1.165, 1.54) is 12.3 Å². The first kappa shape index (κ1) is 11.7. The van der Waals surface area contributed by atoms with E-state index in [9.17, 15) is 0 Å². The fraction of sp³-hybridized carbons (Fsp3) is 0. The smallest absolute Gasteiger partial charge is 0.242 e. The third kappa shape index (κ3) is 2.65. The SMILES string of the molecule is N#Cc1cnc(Oc2ccccc2I)c(N)c1. The maximum atomic E-state index is 8.70. The zero-order valence-corrected chi connectivity index (χ0v) is 10.9. The zero-order chi connectivity index (χ0) is 12.3. The van der Waals surface area contributed by atoms with Crippen molar-refractivity contribution >= 4 is 28.3 Å². The number of nitriles is 1. The van der Waals surface area contributed by atoms with Crippen LogP contribution in [0, 0.1) is 14.9 Å². The lowest BCUT2D eigenvalue weighted by Gasteiger charge is -2.08. The van der Waals surface area contributed by atoms with Crippen molar-refractivity contribution in [1.82, 2.24) is 4.98 Å². The van der Waals surface area contributed by atoms with E-state index in [1.807, 2.05) is 30.3 Å². The summed E-state index contributed by atoms with van der Waals surface area (Å²) in [4.78, 5) is 4.01. The highest BCUT2D eigenvalue weighted by Crippen LogP contribution is 2.28. The molecule has 2 rings (SSSR count). The standard InChI is InChI=1S/C12H8IN3O/c13-9-3-1-2-4-11(9)17-12-10(15)5-8(6-14)7-16-12/h1-5,7H,15H2. The molecule has 0 bridgehead atoms. The zero-order valence-electron chi connectivity index (χ0n) is 8.72. The van der Waals surface area contributed by atoms with Gasteiger partial charge in [0.25, 0.3) is 0 Å². The van der Waals surface area contributed by atoms with Gasteiger partial charge in [0.05, 0.1) is 14.8 Å². The number of aromatic nitrogens is 1. The molecule has 0 spiro atoms. The fourth-order valence-electron chi connectivity index (χ4n) is 1.25. The molecule has 0 saturated carbocycles. The Kier molecular flexibility index (Phi) is 3.44. The van der Waals surface area contributed by atoms with Crippen molar-refractivity contribution in [3.8, 4) is 17.7 Å². The maximum absolute atomic E-state index is 8.70. The Bertz CT molecular complexity index is 593. The lowest BCUT2D eigenvalue weighted by Crippen LogP contribution is -1.96. The first-order chi connectivity index (χ1) is 8.20. The van der Waals surface area contributed by atoms with Crippen molar-refractivity contribution < 1.29 is 4.74 Å². The van der Waals surface area contributed by atoms with Gasteiger partial charge in [0.2, 0.25) is 5.88 Å². The molecule has 1 heterocycles. The number of nitrogens with zero attached hydrogens (tertiary/aromatic N) is 2. The molecule has 2 N–H and O–H groups in total. The summed E-state index contributed by atoms with van der Waals surface area (Å²) in [5, 5.41) is 8.70. The monoisotopic (exact) mass is 337 g/mol. The summed E-state index contributed by atoms with van der Waals surface area (Å²) in [6.45, 7) is 0. The molecule has 0 aliphatic rings. The summed E-state index contributed by atoms with van der Waals surface area (Å²) < 4.78 is 6.55. The van der Waals surface area contributed by atoms with E-state index in [1.54, 1.807) is 0 Å². The Balaban J connectivity index is 2.32. The van der Waals surface area contributed by atoms with Gasteiger partial charge in [-0.15, -0.1) is 0 Å². The lowest BCUT2D eigenvalue weighted by atomic mass is 10.3. The second-order valence-corrected chi connectivity index (χ2v) is 4.42. The third-order valence-corrected chi connectivity index (χ3v) is 2.94. The largest absolute Gasteiger partial charge is 0.436 e. The van der Waals surface area contributed by atoms with Gasteiger partial charge in [0.15, 0.2) is 0 Å². The number of hydrogen-bond acceptors (Lipinski definition) is 4. The molecule has 0 radical (unpaired) electrons. The maximum Gasteiger partial charge on any atom is 0.242 e. The molecule has 2 aromatic rings. The number of halogens is 1. The molecule has 84 valence electrons. The molecule has 0 atom stereocenters. The third-order valence-electron chi connectivity index (χ3n) is 2.05. The lowest BCUT2D eigenvalue weighted by molar-refractivity contribution is 0.462. The number of hydrogen-bond donors (Lipinski definition) is 1. The van der Waals surface area contributed by atoms with Crippen molar-refractivity contribution in [1.29, 1.82) is 5.26 Å². The van der Waals surface area contributed by atoms with Gasteiger partial charge >= 0.3 is 0 Å². The van der Waals surface area contributed by atoms with Crippen LogP contribution in [-0.2, 0) is 0 Å². The van der Waals surface area contributed by atoms with Crippen LogP contribution in [0.1, 0.15) is 5.56 Å². The normalized spacial score (nSPS) is 9.65. The number of nitrogen functional groups attached to an aromatic ring is 1. The van der Waals surface area contributed by atoms with E-state index in [4.69, 9.17) is 15.7 Å². The number of ether oxygens (including phenoxy) is 1. The molecule has 0 unspecified atom stereocenters. The Morgan fingerprint density at radius 3 is 2.76 bits per heavy atom. The molecular formula is C12H8IN3O. The summed E-state index contributed by atoms with van der Waals surface area (Å²) in [6.07, 6.45) is 1.43. The molecule has 4 nitrogen and oxygen atoms in total. The van der Waals surface area contributed by atoms with Crippen LogP contribution in [0.25, 0.3) is 0 Å². The van der Waals surface area contributed by atoms with Gasteiger partial charge in [-0.25, -0.2) is 4.98 Å². The van der Waals surface area contributed by atoms with E-state index in [0.717, 1.165) is 3.57 Å². The summed E-state index contributed by atoms with van der Waals surface area (Å²) in [5.41, 5.74) is 6.52. The van der Waals surface area contributed by atoms with Crippen LogP contribution in [0.2, 0.25) is 0 Å². The van der Waals surface area contributed by atoms with Crippen molar-refractivity contribution in [3.63, 3.8) is 0 Å². The van der Waals surface area contributed by atoms with Gasteiger partial charge in [-0.3, -0.25) is 0 Å². The van der Waals surface area contributed by atoms with Crippen LogP contribution >= 0.6 is 22.6 Å². The van der Waals surface area contributed by atoms with E-state index in [2.05, 4.69) is 27.6 Å². The minimum absolute atomic E-state index is 0.313. The average Bonchev–Trinajstić information content (AvgIpc) is 2.34. The van der Waals surface area contributed by atoms with Crippen LogP contribution in [-0.4, -0.2) is 4.98 Å². The summed E-state index contributed by atoms with van der Waals surface area (Å²) >= 11 is 2.17. The highest BCUT2D eigenvalue weighted by molar-refractivity contribution is 14.1. The molecule has 0 amide bonds. The number of rotatable bonds is 2. The highest BCUT2D eigenvalue weighted by atomic mass is 127. The first-order valence-corrected chi connectivity index (χ1v) is 5.86. The van der Waals surface area contributed by atoms with E-state index >= 15 is 0 Å². The molecule has 0 fully saturated rings. The van der Waals surface area contributed by atoms with E-state index in [-0.39, 0.29) is 0 Å². The minimum atomic E-state index is 0.313. The van der Waals surface area contributed by atoms with Crippen LogP contribution in [0.4, 0.5) is 5.69 Å². The van der Waals surface area contributed by atoms with Crippen molar-refractivity contribution in [2.45, 2.75) is 0 Å². The van der Waals surface area contributed by atoms with E-state index in [0.29, 0.717) is 22.9 Å². The number of benzene rings is 1. The predicted molar refractivity (Wildman–Crippen MR) is 72.6 cm³/mol. The van der Waals surface area contributed by atoms with Crippen LogP contribution in [0.3, 0.4) is 0 Å². The fourth-order valence-corrected chi connectivity index (χ4v) is 1.74. The minimum Gasteiger partial charge on any atom is -0.436 e. The Labute approximate surface area is 112 Å². The van der Waals surface area contributed by atoms with Gasteiger partial charge in [-0.05, 0) is 40.8 Å². The van der Waals surface area contributed by atoms with Crippen LogP contribution in [0.5, 0.6) is 11.6 Å². The van der Waals surface area contributed by atoms with Crippen molar-refractivity contribution in [2.24, 2.45) is 0 Å². The molecule has 0 aliphatic carbocycles. The quantitative estimate of drug-likeness (QED) is 0.856. The van der Waals surface area contributed by atoms with E-state index < -0.39 is 0 Å². The van der Waals surface area contributed by atoms with Crippen LogP contribution < -0.4 is 10.5 Å². The second kappa shape index (κ2) is 5.01. The Morgan fingerprint density at radius 2 is 2.12 bits per heavy atom. The first-order valence-electron chi connectivity index (χ1n) is 4.78. The number of para-hydroxylation sites is 1. The molecule has 17 heavy (non-hydrogen) atoms. The van der Waals surface area contributed by atoms with Crippen molar-refractivity contribution in [2.75, 3.05) is 5.73 Å². The number of pyridine rings is 1. The topological polar surface area (TPSA) is 71.9 Å². The van der Waals surface area contributed by atoms with Crippen LogP contribution in [0.15, 0.2) is 36.5 Å². The van der Waals surface area contributed by atoms with Gasteiger partial charge < -0.3 is 10.5 Å². The summed E-state index contributed by atoms with van der Waals surface area (Å²) in [7, 11) is 0. The molecule has 0 saturated heterocycles. The Hall–Kier alpha value is -1.81. The van der Waals surface area contributed by atoms with Crippen molar-refractivity contribution in [3.05, 3.63) is 45.7 Å². The number of nitrogens with two attached hydrogens (primary N) is 1.